The molecule has 15 heteroatoms. The van der Waals surface area contributed by atoms with Crippen LogP contribution in [-0.2, 0) is 4.74 Å². The second kappa shape index (κ2) is 11.2. The molecule has 0 aliphatic carbocycles. The minimum atomic E-state index is -2.63. The standard InChI is InChI=1S/C30H26ClF5N6O2S/c31-23-21(15-2-3-17(33)27-20(15)16(9-37)28(38)45-27)24(36)26-22-25(23)39-13-40-29(22)41(7-4-18(34)35)11-19(44-26)43-12-30-5-1-6-42(30)10-14(32)8-30/h2-3,11,14,18,39H,1,4-8,10,12-13,38H2/t14-,30+/m1/s1. The van der Waals surface area contributed by atoms with Gasteiger partial charge in [-0.3, -0.25) is 4.90 Å². The summed E-state index contributed by atoms with van der Waals surface area (Å²) in [6, 6.07) is 4.42. The van der Waals surface area contributed by atoms with Crippen molar-refractivity contribution in [1.29, 1.82) is 5.26 Å². The molecule has 7 rings (SSSR count). The summed E-state index contributed by atoms with van der Waals surface area (Å²) in [5.74, 6) is -2.01. The number of halogens is 6. The number of hydrogen-bond donors (Lipinski definition) is 2. The van der Waals surface area contributed by atoms with Gasteiger partial charge in [-0.15, -0.1) is 11.3 Å². The fraction of sp³-hybridized carbons (Fsp3) is 0.400. The highest BCUT2D eigenvalue weighted by molar-refractivity contribution is 7.23. The van der Waals surface area contributed by atoms with Gasteiger partial charge in [0.1, 0.15) is 42.2 Å². The minimum absolute atomic E-state index is 0.0224. The molecule has 0 bridgehead atoms. The van der Waals surface area contributed by atoms with Crippen LogP contribution in [0.4, 0.5) is 32.6 Å². The number of amidine groups is 1. The van der Waals surface area contributed by atoms with Crippen LogP contribution in [0.5, 0.6) is 5.75 Å². The third-order valence-corrected chi connectivity index (χ3v) is 10.2. The van der Waals surface area contributed by atoms with Gasteiger partial charge in [-0.1, -0.05) is 17.7 Å². The maximum Gasteiger partial charge on any atom is 0.302 e. The Morgan fingerprint density at radius 3 is 2.91 bits per heavy atom. The van der Waals surface area contributed by atoms with Gasteiger partial charge in [-0.05, 0) is 31.0 Å². The third kappa shape index (κ3) is 4.83. The lowest BCUT2D eigenvalue weighted by molar-refractivity contribution is 0.0259. The maximum atomic E-state index is 16.9. The molecule has 2 saturated heterocycles. The van der Waals surface area contributed by atoms with Crippen LogP contribution in [0.3, 0.4) is 0 Å². The number of nitrogens with zero attached hydrogens (tertiary/aromatic N) is 4. The normalized spacial score (nSPS) is 22.4. The molecule has 0 amide bonds. The predicted octanol–water partition coefficient (Wildman–Crippen LogP) is 6.82. The summed E-state index contributed by atoms with van der Waals surface area (Å²) < 4.78 is 85.3. The topological polar surface area (TPSA) is 99.1 Å². The number of nitrogen functional groups attached to an aromatic ring is 1. The molecule has 2 aromatic carbocycles. The lowest BCUT2D eigenvalue weighted by Crippen LogP contribution is -2.42. The Morgan fingerprint density at radius 2 is 2.13 bits per heavy atom. The molecule has 8 nitrogen and oxygen atoms in total. The number of hydrogen-bond acceptors (Lipinski definition) is 9. The average Bonchev–Trinajstić information content (AvgIpc) is 3.61. The molecule has 0 unspecified atom stereocenters. The zero-order chi connectivity index (χ0) is 31.6. The van der Waals surface area contributed by atoms with E-state index in [1.54, 1.807) is 0 Å². The number of rotatable bonds is 7. The summed E-state index contributed by atoms with van der Waals surface area (Å²) in [7, 11) is 0. The van der Waals surface area contributed by atoms with Crippen LogP contribution < -0.4 is 15.8 Å². The molecule has 2 atom stereocenters. The highest BCUT2D eigenvalue weighted by Crippen LogP contribution is 2.51. The molecule has 0 spiro atoms. The molecule has 0 saturated carbocycles. The molecule has 2 fully saturated rings. The molecule has 3 N–H and O–H groups in total. The van der Waals surface area contributed by atoms with E-state index in [0.717, 1.165) is 30.4 Å². The number of alkyl halides is 3. The van der Waals surface area contributed by atoms with E-state index in [4.69, 9.17) is 26.8 Å². The second-order valence-corrected chi connectivity index (χ2v) is 12.9. The van der Waals surface area contributed by atoms with Crippen molar-refractivity contribution in [3.8, 4) is 22.9 Å². The van der Waals surface area contributed by atoms with E-state index in [1.807, 2.05) is 11.0 Å². The number of nitriles is 1. The Morgan fingerprint density at radius 1 is 1.31 bits per heavy atom. The van der Waals surface area contributed by atoms with E-state index in [2.05, 4.69) is 10.3 Å². The van der Waals surface area contributed by atoms with Crippen molar-refractivity contribution in [1.82, 2.24) is 9.80 Å². The van der Waals surface area contributed by atoms with Gasteiger partial charge in [0.2, 0.25) is 6.43 Å². The minimum Gasteiger partial charge on any atom is -0.462 e. The fourth-order valence-corrected chi connectivity index (χ4v) is 8.13. The van der Waals surface area contributed by atoms with Crippen LogP contribution in [0, 0.1) is 23.0 Å². The van der Waals surface area contributed by atoms with E-state index in [0.29, 0.717) is 13.0 Å². The van der Waals surface area contributed by atoms with Crippen molar-refractivity contribution in [3.63, 3.8) is 0 Å². The summed E-state index contributed by atoms with van der Waals surface area (Å²) in [6.45, 7) is 0.827. The molecule has 4 aliphatic rings. The lowest BCUT2D eigenvalue weighted by Gasteiger charge is -2.31. The summed E-state index contributed by atoms with van der Waals surface area (Å²) >= 11 is 7.73. The number of ether oxygens (including phenoxy) is 2. The summed E-state index contributed by atoms with van der Waals surface area (Å²) in [5.41, 5.74) is 5.65. The van der Waals surface area contributed by atoms with E-state index >= 15 is 4.39 Å². The SMILES string of the molecule is N#Cc1c(N)sc2c(F)ccc(-c3c(F)c4c5c(c3Cl)NCN=C5N(CCC(F)F)C=C(OC[C@@]35CCCN3C[C@H](F)C5)O4)c12. The first-order valence-corrected chi connectivity index (χ1v) is 15.5. The van der Waals surface area contributed by atoms with Gasteiger partial charge in [0.15, 0.2) is 11.6 Å². The van der Waals surface area contributed by atoms with Crippen molar-refractivity contribution in [2.45, 2.75) is 43.8 Å². The zero-order valence-electron chi connectivity index (χ0n) is 23.6. The quantitative estimate of drug-likeness (QED) is 0.267. The number of fused-ring (bicyclic) bond motifs is 2. The molecule has 236 valence electrons. The zero-order valence-corrected chi connectivity index (χ0v) is 25.2. The van der Waals surface area contributed by atoms with Crippen molar-refractivity contribution >= 4 is 49.5 Å². The highest BCUT2D eigenvalue weighted by atomic mass is 35.5. The van der Waals surface area contributed by atoms with Gasteiger partial charge in [-0.2, -0.15) is 5.26 Å². The van der Waals surface area contributed by atoms with Crippen molar-refractivity contribution < 1.29 is 31.4 Å². The van der Waals surface area contributed by atoms with Crippen molar-refractivity contribution in [2.75, 3.05) is 44.0 Å². The Balaban J connectivity index is 1.38. The largest absolute Gasteiger partial charge is 0.462 e. The number of benzene rings is 2. The third-order valence-electron chi connectivity index (χ3n) is 8.81. The number of nitrogens with one attached hydrogen (secondary N) is 1. The van der Waals surface area contributed by atoms with E-state index in [-0.39, 0.29) is 91.8 Å². The number of anilines is 2. The van der Waals surface area contributed by atoms with Crippen LogP contribution in [0.15, 0.2) is 29.3 Å². The first-order chi connectivity index (χ1) is 21.6. The Kier molecular flexibility index (Phi) is 7.45. The van der Waals surface area contributed by atoms with E-state index < -0.39 is 36.2 Å². The smallest absolute Gasteiger partial charge is 0.302 e. The highest BCUT2D eigenvalue weighted by Gasteiger charge is 2.49. The van der Waals surface area contributed by atoms with Crippen LogP contribution in [0.2, 0.25) is 5.02 Å². The molecular weight excluding hydrogens is 639 g/mol. The van der Waals surface area contributed by atoms with Crippen LogP contribution >= 0.6 is 22.9 Å². The molecule has 1 aromatic heterocycles. The second-order valence-electron chi connectivity index (χ2n) is 11.4. The lowest BCUT2D eigenvalue weighted by atomic mass is 9.94. The van der Waals surface area contributed by atoms with Gasteiger partial charge in [0, 0.05) is 36.9 Å². The molecule has 5 heterocycles. The number of aliphatic imine (C=N–C) groups is 1. The fourth-order valence-electron chi connectivity index (χ4n) is 6.84. The molecule has 4 aliphatic heterocycles. The van der Waals surface area contributed by atoms with Crippen molar-refractivity contribution in [3.05, 3.63) is 52.1 Å². The first kappa shape index (κ1) is 29.9. The Hall–Kier alpha value is -3.80. The van der Waals surface area contributed by atoms with Crippen LogP contribution in [0.25, 0.3) is 21.2 Å². The van der Waals surface area contributed by atoms with Gasteiger partial charge in [0.05, 0.1) is 38.3 Å². The van der Waals surface area contributed by atoms with Gasteiger partial charge in [0.25, 0.3) is 0 Å². The maximum absolute atomic E-state index is 16.9. The summed E-state index contributed by atoms with van der Waals surface area (Å²) in [5, 5.41) is 12.9. The Labute approximate surface area is 263 Å². The number of thiophene rings is 1. The van der Waals surface area contributed by atoms with Gasteiger partial charge in [-0.25, -0.2) is 26.9 Å². The predicted molar refractivity (Wildman–Crippen MR) is 161 cm³/mol. The molecular formula is C30H26ClF5N6O2S. The van der Waals surface area contributed by atoms with Gasteiger partial charge < -0.3 is 25.4 Å². The monoisotopic (exact) mass is 664 g/mol. The average molecular weight is 665 g/mol. The number of nitrogens with two attached hydrogens (primary N) is 1. The summed E-state index contributed by atoms with van der Waals surface area (Å²) in [6.07, 6.45) is -0.979. The van der Waals surface area contributed by atoms with Crippen LogP contribution in [-0.4, -0.2) is 66.7 Å². The molecule has 45 heavy (non-hydrogen) atoms. The molecule has 0 radical (unpaired) electrons. The van der Waals surface area contributed by atoms with E-state index in [1.165, 1.54) is 17.2 Å². The summed E-state index contributed by atoms with van der Waals surface area (Å²) in [4.78, 5) is 7.90. The van der Waals surface area contributed by atoms with Crippen molar-refractivity contribution in [2.24, 2.45) is 4.99 Å². The first-order valence-electron chi connectivity index (χ1n) is 14.3. The van der Waals surface area contributed by atoms with Crippen LogP contribution in [0.1, 0.15) is 36.8 Å². The van der Waals surface area contributed by atoms with E-state index in [9.17, 15) is 22.8 Å². The molecule has 3 aromatic rings. The van der Waals surface area contributed by atoms with Gasteiger partial charge >= 0.3 is 5.95 Å². The Bertz CT molecular complexity index is 1830.